The molecule has 1 aliphatic rings. The Bertz CT molecular complexity index is 1460. The highest BCUT2D eigenvalue weighted by Crippen LogP contribution is 2.40. The first-order valence-electron chi connectivity index (χ1n) is 11.5. The van der Waals surface area contributed by atoms with Gasteiger partial charge in [0.05, 0.1) is 21.5 Å². The van der Waals surface area contributed by atoms with E-state index >= 15 is 0 Å². The molecule has 3 aromatic rings. The van der Waals surface area contributed by atoms with Crippen LogP contribution in [0.25, 0.3) is 0 Å². The molecule has 0 fully saturated rings. The number of nitrogens with zero attached hydrogens (tertiary/aromatic N) is 1. The molecule has 1 N–H and O–H groups in total. The summed E-state index contributed by atoms with van der Waals surface area (Å²) in [6.07, 6.45) is 3.90. The van der Waals surface area contributed by atoms with Crippen LogP contribution in [0.2, 0.25) is 10.0 Å². The Balaban J connectivity index is 1.49. The lowest BCUT2D eigenvalue weighted by atomic mass is 10.0. The molecule has 0 unspecified atom stereocenters. The van der Waals surface area contributed by atoms with Crippen LogP contribution in [0.1, 0.15) is 30.4 Å². The fourth-order valence-corrected chi connectivity index (χ4v) is 6.24. The lowest BCUT2D eigenvalue weighted by molar-refractivity contribution is -0.674. The van der Waals surface area contributed by atoms with Crippen molar-refractivity contribution in [2.45, 2.75) is 42.4 Å². The molecular weight excluding hydrogens is 555 g/mol. The Morgan fingerprint density at radius 1 is 1.08 bits per heavy atom. The molecule has 1 aliphatic heterocycles. The van der Waals surface area contributed by atoms with Gasteiger partial charge in [-0.2, -0.15) is 4.28 Å². The summed E-state index contributed by atoms with van der Waals surface area (Å²) >= 11 is 16.5. The molecule has 0 saturated carbocycles. The number of hydrogen-bond acceptors (Lipinski definition) is 6. The van der Waals surface area contributed by atoms with Crippen LogP contribution in [0.3, 0.4) is 0 Å². The number of fused-ring (bicyclic) bond motifs is 1. The third-order valence-corrected chi connectivity index (χ3v) is 8.77. The zero-order valence-electron chi connectivity index (χ0n) is 19.9. The maximum Gasteiger partial charge on any atom is 0.279 e. The summed E-state index contributed by atoms with van der Waals surface area (Å²) in [6.45, 7) is 2.28. The maximum atomic E-state index is 13.5. The van der Waals surface area contributed by atoms with Gasteiger partial charge in [0.1, 0.15) is 18.7 Å². The first-order valence-corrected chi connectivity index (χ1v) is 14.1. The van der Waals surface area contributed by atoms with Gasteiger partial charge in [-0.15, -0.1) is 0 Å². The summed E-state index contributed by atoms with van der Waals surface area (Å²) in [5.74, 6) is 0.734. The molecule has 4 rings (SSSR count). The van der Waals surface area contributed by atoms with Gasteiger partial charge >= 0.3 is 0 Å². The van der Waals surface area contributed by atoms with Crippen molar-refractivity contribution in [1.29, 1.82) is 0 Å². The number of carbonyl (C=O) groups excluding carboxylic acids is 1. The number of sulfone groups is 1. The second-order valence-corrected chi connectivity index (χ2v) is 11.3. The highest BCUT2D eigenvalue weighted by atomic mass is 35.5. The van der Waals surface area contributed by atoms with Crippen LogP contribution in [0.15, 0.2) is 64.4 Å². The molecule has 1 heterocycles. The molecule has 0 radical (unpaired) electrons. The third-order valence-electron chi connectivity index (χ3n) is 5.84. The SMILES string of the molecule is Cc1ccc(S(=O)(=O)c2c([N+](=CCCCOc3ccc4c(c3)CCC(=O)N4)OS)ccc(Cl)c2Cl)cc1. The minimum atomic E-state index is -4.02. The summed E-state index contributed by atoms with van der Waals surface area (Å²) in [6, 6.07) is 15.1. The number of aryl methyl sites for hydroxylation is 2. The van der Waals surface area contributed by atoms with Crippen LogP contribution in [0.4, 0.5) is 11.4 Å². The molecule has 37 heavy (non-hydrogen) atoms. The molecule has 0 saturated heterocycles. The Hall–Kier alpha value is -2.72. The largest absolute Gasteiger partial charge is 0.494 e. The van der Waals surface area contributed by atoms with Crippen LogP contribution in [0.5, 0.6) is 5.75 Å². The van der Waals surface area contributed by atoms with E-state index in [0.717, 1.165) is 16.8 Å². The first kappa shape index (κ1) is 27.3. The number of amides is 1. The van der Waals surface area contributed by atoms with Crippen molar-refractivity contribution in [3.8, 4) is 5.75 Å². The quantitative estimate of drug-likeness (QED) is 0.0768. The van der Waals surface area contributed by atoms with Crippen LogP contribution in [0, 0.1) is 6.92 Å². The van der Waals surface area contributed by atoms with Crippen molar-refractivity contribution in [2.75, 3.05) is 11.9 Å². The minimum Gasteiger partial charge on any atom is -0.494 e. The summed E-state index contributed by atoms with van der Waals surface area (Å²) in [7, 11) is -4.02. The van der Waals surface area contributed by atoms with Gasteiger partial charge in [-0.05, 0) is 61.7 Å². The number of ether oxygens (including phenoxy) is 1. The maximum absolute atomic E-state index is 13.5. The number of halogens is 2. The number of hydrogen-bond donors (Lipinski definition) is 2. The standard InChI is InChI=1S/C26H24Cl2N2O5S2/c1-17-4-8-20(9-5-17)37(32,33)26-23(12-10-21(27)25(26)28)30(35-36)14-2-3-15-34-19-7-11-22-18(16-19)6-13-24(31)29-22/h4-5,7-12,14,16H,2-3,6,13,15H2,1H3,(H-,29,31,36)/p+1. The molecule has 0 bridgehead atoms. The second kappa shape index (κ2) is 11.8. The van der Waals surface area contributed by atoms with E-state index in [-0.39, 0.29) is 31.4 Å². The topological polar surface area (TPSA) is 84.7 Å². The lowest BCUT2D eigenvalue weighted by Gasteiger charge is -2.17. The Kier molecular flexibility index (Phi) is 8.69. The summed E-state index contributed by atoms with van der Waals surface area (Å²) in [4.78, 5) is 11.4. The van der Waals surface area contributed by atoms with Gasteiger partial charge in [-0.3, -0.25) is 4.79 Å². The van der Waals surface area contributed by atoms with Crippen molar-refractivity contribution in [3.05, 3.63) is 75.8 Å². The van der Waals surface area contributed by atoms with E-state index in [9.17, 15) is 13.2 Å². The monoisotopic (exact) mass is 579 g/mol. The summed E-state index contributed by atoms with van der Waals surface area (Å²) in [5, 5.41) is 2.85. The number of rotatable bonds is 9. The van der Waals surface area contributed by atoms with E-state index in [2.05, 4.69) is 18.2 Å². The van der Waals surface area contributed by atoms with Gasteiger partial charge in [0.25, 0.3) is 5.69 Å². The van der Waals surface area contributed by atoms with Crippen molar-refractivity contribution < 1.29 is 27.0 Å². The minimum absolute atomic E-state index is 0.0180. The highest BCUT2D eigenvalue weighted by Gasteiger charge is 2.33. The van der Waals surface area contributed by atoms with Crippen molar-refractivity contribution in [1.82, 2.24) is 0 Å². The fraction of sp³-hybridized carbons (Fsp3) is 0.231. The van der Waals surface area contributed by atoms with Gasteiger partial charge in [0, 0.05) is 29.3 Å². The summed E-state index contributed by atoms with van der Waals surface area (Å²) < 4.78 is 39.3. The molecule has 11 heteroatoms. The van der Waals surface area contributed by atoms with Crippen LogP contribution >= 0.6 is 36.1 Å². The lowest BCUT2D eigenvalue weighted by Crippen LogP contribution is -2.18. The summed E-state index contributed by atoms with van der Waals surface area (Å²) in [5.41, 5.74) is 2.97. The molecule has 7 nitrogen and oxygen atoms in total. The number of unbranched alkanes of at least 4 members (excludes halogenated alkanes) is 1. The molecule has 0 atom stereocenters. The second-order valence-electron chi connectivity index (χ2n) is 8.47. The van der Waals surface area contributed by atoms with Gasteiger partial charge in [-0.25, -0.2) is 8.42 Å². The molecule has 3 aromatic carbocycles. The van der Waals surface area contributed by atoms with Gasteiger partial charge < -0.3 is 10.1 Å². The zero-order chi connectivity index (χ0) is 26.6. The Morgan fingerprint density at radius 2 is 1.84 bits per heavy atom. The average molecular weight is 581 g/mol. The highest BCUT2D eigenvalue weighted by molar-refractivity contribution is 7.91. The molecule has 0 spiro atoms. The van der Waals surface area contributed by atoms with Crippen molar-refractivity contribution in [3.63, 3.8) is 0 Å². The number of anilines is 1. The molecule has 0 aliphatic carbocycles. The van der Waals surface area contributed by atoms with Gasteiger partial charge in [0.15, 0.2) is 4.90 Å². The van der Waals surface area contributed by atoms with E-state index in [1.807, 2.05) is 25.1 Å². The molecular formula is C26H25Cl2N2O5S2+. The third kappa shape index (κ3) is 6.23. The van der Waals surface area contributed by atoms with Gasteiger partial charge in [-0.1, -0.05) is 40.9 Å². The normalized spacial score (nSPS) is 13.6. The van der Waals surface area contributed by atoms with Crippen molar-refractivity contribution in [2.24, 2.45) is 0 Å². The number of carbonyl (C=O) groups is 1. The Labute approximate surface area is 231 Å². The number of nitrogens with one attached hydrogen (secondary N) is 1. The Morgan fingerprint density at radius 3 is 2.57 bits per heavy atom. The van der Waals surface area contributed by atoms with E-state index < -0.39 is 9.84 Å². The van der Waals surface area contributed by atoms with E-state index in [4.69, 9.17) is 32.2 Å². The predicted molar refractivity (Wildman–Crippen MR) is 147 cm³/mol. The molecule has 194 valence electrons. The fourth-order valence-electron chi connectivity index (χ4n) is 3.89. The van der Waals surface area contributed by atoms with Crippen LogP contribution in [-0.2, 0) is 25.3 Å². The average Bonchev–Trinajstić information content (AvgIpc) is 2.88. The first-order chi connectivity index (χ1) is 17.7. The number of benzene rings is 3. The number of thiol groups is 1. The zero-order valence-corrected chi connectivity index (χ0v) is 23.1. The van der Waals surface area contributed by atoms with E-state index in [1.165, 1.54) is 29.0 Å². The van der Waals surface area contributed by atoms with E-state index in [0.29, 0.717) is 38.0 Å². The smallest absolute Gasteiger partial charge is 0.279 e. The molecule has 0 aromatic heterocycles. The van der Waals surface area contributed by atoms with Crippen LogP contribution < -0.4 is 10.1 Å². The molecule has 1 amide bonds. The van der Waals surface area contributed by atoms with Crippen LogP contribution in [-0.4, -0.2) is 31.9 Å². The van der Waals surface area contributed by atoms with Gasteiger partial charge in [0.2, 0.25) is 22.0 Å². The van der Waals surface area contributed by atoms with E-state index in [1.54, 1.807) is 18.3 Å². The predicted octanol–water partition coefficient (Wildman–Crippen LogP) is 6.37. The van der Waals surface area contributed by atoms with Crippen molar-refractivity contribution >= 4 is 69.4 Å².